The van der Waals surface area contributed by atoms with Crippen molar-refractivity contribution in [1.82, 2.24) is 14.5 Å². The molecule has 0 aliphatic heterocycles. The molecule has 0 saturated heterocycles. The normalized spacial score (nSPS) is 10.8. The molecule has 5 heteroatoms. The Morgan fingerprint density at radius 2 is 1.63 bits per heavy atom. The van der Waals surface area contributed by atoms with Crippen LogP contribution in [0.2, 0.25) is 0 Å². The zero-order valence-corrected chi connectivity index (χ0v) is 18.0. The van der Waals surface area contributed by atoms with Gasteiger partial charge in [-0.3, -0.25) is 14.6 Å². The molecule has 2 heterocycles. The quantitative estimate of drug-likeness (QED) is 0.574. The Bertz CT molecular complexity index is 1040. The molecule has 156 valence electrons. The summed E-state index contributed by atoms with van der Waals surface area (Å²) in [7, 11) is 0. The van der Waals surface area contributed by atoms with E-state index in [4.69, 9.17) is 0 Å². The summed E-state index contributed by atoms with van der Waals surface area (Å²) in [6.07, 6.45) is 4.91. The maximum atomic E-state index is 13.3. The highest BCUT2D eigenvalue weighted by Crippen LogP contribution is 2.17. The minimum Gasteiger partial charge on any atom is -0.343 e. The van der Waals surface area contributed by atoms with Crippen molar-refractivity contribution in [2.45, 2.75) is 40.2 Å². The molecule has 0 saturated carbocycles. The van der Waals surface area contributed by atoms with Crippen LogP contribution in [0.3, 0.4) is 0 Å². The van der Waals surface area contributed by atoms with Crippen LogP contribution in [0, 0.1) is 6.92 Å². The van der Waals surface area contributed by atoms with Gasteiger partial charge in [0.1, 0.15) is 5.56 Å². The minimum absolute atomic E-state index is 0.184. The van der Waals surface area contributed by atoms with E-state index < -0.39 is 0 Å². The second kappa shape index (κ2) is 10.0. The summed E-state index contributed by atoms with van der Waals surface area (Å²) in [5, 5.41) is 0. The van der Waals surface area contributed by atoms with Crippen LogP contribution in [-0.2, 0) is 19.4 Å². The third-order valence-corrected chi connectivity index (χ3v) is 5.47. The fourth-order valence-electron chi connectivity index (χ4n) is 3.79. The van der Waals surface area contributed by atoms with E-state index in [1.54, 1.807) is 23.4 Å². The van der Waals surface area contributed by atoms with Crippen LogP contribution >= 0.6 is 0 Å². The van der Waals surface area contributed by atoms with Crippen molar-refractivity contribution in [3.05, 3.63) is 99.2 Å². The second-order valence-electron chi connectivity index (χ2n) is 7.38. The summed E-state index contributed by atoms with van der Waals surface area (Å²) in [5.74, 6) is -0.184. The molecule has 3 aromatic rings. The van der Waals surface area contributed by atoms with Gasteiger partial charge in [-0.05, 0) is 56.9 Å². The highest BCUT2D eigenvalue weighted by Gasteiger charge is 2.23. The zero-order valence-electron chi connectivity index (χ0n) is 18.0. The molecule has 3 rings (SSSR count). The topological polar surface area (TPSA) is 55.2 Å². The second-order valence-corrected chi connectivity index (χ2v) is 7.38. The van der Waals surface area contributed by atoms with Gasteiger partial charge in [-0.1, -0.05) is 30.3 Å². The van der Waals surface area contributed by atoms with E-state index >= 15 is 0 Å². The number of aromatic nitrogens is 2. The number of carbonyl (C=O) groups is 1. The molecule has 0 atom stereocenters. The number of aryl methyl sites for hydroxylation is 2. The number of hydrogen-bond donors (Lipinski definition) is 0. The van der Waals surface area contributed by atoms with Gasteiger partial charge < -0.3 is 9.47 Å². The fraction of sp³-hybridized carbons (Fsp3) is 0.320. The van der Waals surface area contributed by atoms with Crippen molar-refractivity contribution in [3.8, 4) is 0 Å². The highest BCUT2D eigenvalue weighted by molar-refractivity contribution is 5.95. The lowest BCUT2D eigenvalue weighted by atomic mass is 10.0. The van der Waals surface area contributed by atoms with Crippen LogP contribution < -0.4 is 5.43 Å². The number of nitrogens with zero attached hydrogens (tertiary/aromatic N) is 3. The van der Waals surface area contributed by atoms with Gasteiger partial charge in [0.15, 0.2) is 5.43 Å². The van der Waals surface area contributed by atoms with E-state index in [9.17, 15) is 9.59 Å². The van der Waals surface area contributed by atoms with Gasteiger partial charge in [0.05, 0.1) is 0 Å². The molecule has 1 amide bonds. The Labute approximate surface area is 178 Å². The first-order valence-corrected chi connectivity index (χ1v) is 10.5. The Kier molecular flexibility index (Phi) is 7.17. The predicted molar refractivity (Wildman–Crippen MR) is 120 cm³/mol. The molecule has 0 bridgehead atoms. The average molecular weight is 404 g/mol. The Hall–Kier alpha value is -3.21. The molecule has 0 fully saturated rings. The Morgan fingerprint density at radius 1 is 0.967 bits per heavy atom. The maximum Gasteiger partial charge on any atom is 0.259 e. The van der Waals surface area contributed by atoms with Gasteiger partial charge in [0.25, 0.3) is 5.91 Å². The third-order valence-electron chi connectivity index (χ3n) is 5.47. The standard InChI is InChI=1S/C25H29N3O2/c1-4-27(5-2)25(30)24-22(12-11-20-9-7-6-8-10-20)28(19(3)17-23(24)29)18-21-13-15-26-16-14-21/h6-10,13-17H,4-5,11-12,18H2,1-3H3. The maximum absolute atomic E-state index is 13.3. The van der Waals surface area contributed by atoms with Crippen LogP contribution in [-0.4, -0.2) is 33.4 Å². The summed E-state index contributed by atoms with van der Waals surface area (Å²) < 4.78 is 2.11. The lowest BCUT2D eigenvalue weighted by Gasteiger charge is -2.24. The predicted octanol–water partition coefficient (Wildman–Crippen LogP) is 3.87. The third kappa shape index (κ3) is 4.85. The molecular weight excluding hydrogens is 374 g/mol. The summed E-state index contributed by atoms with van der Waals surface area (Å²) >= 11 is 0. The number of pyridine rings is 2. The fourth-order valence-corrected chi connectivity index (χ4v) is 3.79. The average Bonchev–Trinajstić information content (AvgIpc) is 2.76. The number of hydrogen-bond acceptors (Lipinski definition) is 3. The Balaban J connectivity index is 2.10. The van der Waals surface area contributed by atoms with Crippen LogP contribution in [0.5, 0.6) is 0 Å². The molecular formula is C25H29N3O2. The molecule has 2 aromatic heterocycles. The van der Waals surface area contributed by atoms with E-state index in [1.165, 1.54) is 5.56 Å². The van der Waals surface area contributed by atoms with Crippen molar-refractivity contribution in [3.63, 3.8) is 0 Å². The molecule has 0 radical (unpaired) electrons. The van der Waals surface area contributed by atoms with E-state index in [0.29, 0.717) is 31.6 Å². The summed E-state index contributed by atoms with van der Waals surface area (Å²) in [6.45, 7) is 7.55. The van der Waals surface area contributed by atoms with Crippen LogP contribution in [0.25, 0.3) is 0 Å². The van der Waals surface area contributed by atoms with Crippen LogP contribution in [0.15, 0.2) is 65.7 Å². The molecule has 0 aliphatic carbocycles. The van der Waals surface area contributed by atoms with Gasteiger partial charge >= 0.3 is 0 Å². The van der Waals surface area contributed by atoms with Gasteiger partial charge in [0, 0.05) is 49.5 Å². The molecule has 1 aromatic carbocycles. The van der Waals surface area contributed by atoms with Crippen molar-refractivity contribution in [2.75, 3.05) is 13.1 Å². The van der Waals surface area contributed by atoms with Crippen molar-refractivity contribution in [1.29, 1.82) is 0 Å². The Morgan fingerprint density at radius 3 is 2.27 bits per heavy atom. The smallest absolute Gasteiger partial charge is 0.259 e. The SMILES string of the molecule is CCN(CC)C(=O)c1c(CCc2ccccc2)n(Cc2ccncc2)c(C)cc1=O. The minimum atomic E-state index is -0.196. The van der Waals surface area contributed by atoms with Crippen molar-refractivity contribution < 1.29 is 4.79 Å². The summed E-state index contributed by atoms with van der Waals surface area (Å²) in [6, 6.07) is 15.7. The van der Waals surface area contributed by atoms with Crippen LogP contribution in [0.4, 0.5) is 0 Å². The number of carbonyl (C=O) groups excluding carboxylic acids is 1. The van der Waals surface area contributed by atoms with E-state index in [0.717, 1.165) is 23.4 Å². The molecule has 5 nitrogen and oxygen atoms in total. The molecule has 0 aliphatic rings. The first-order chi connectivity index (χ1) is 14.5. The van der Waals surface area contributed by atoms with Gasteiger partial charge in [0.2, 0.25) is 0 Å². The van der Waals surface area contributed by atoms with Crippen molar-refractivity contribution >= 4 is 5.91 Å². The molecule has 0 unspecified atom stereocenters. The summed E-state index contributed by atoms with van der Waals surface area (Å²) in [5.41, 5.74) is 4.03. The largest absolute Gasteiger partial charge is 0.343 e. The lowest BCUT2D eigenvalue weighted by Crippen LogP contribution is -2.36. The monoisotopic (exact) mass is 403 g/mol. The van der Waals surface area contributed by atoms with E-state index in [1.807, 2.05) is 51.1 Å². The number of amides is 1. The van der Waals surface area contributed by atoms with Gasteiger partial charge in [-0.25, -0.2) is 0 Å². The first-order valence-electron chi connectivity index (χ1n) is 10.5. The number of benzene rings is 1. The van der Waals surface area contributed by atoms with Crippen LogP contribution in [0.1, 0.15) is 46.7 Å². The molecule has 0 spiro atoms. The van der Waals surface area contributed by atoms with Gasteiger partial charge in [-0.15, -0.1) is 0 Å². The van der Waals surface area contributed by atoms with Crippen molar-refractivity contribution in [2.24, 2.45) is 0 Å². The highest BCUT2D eigenvalue weighted by atomic mass is 16.2. The van der Waals surface area contributed by atoms with Gasteiger partial charge in [-0.2, -0.15) is 0 Å². The molecule has 0 N–H and O–H groups in total. The summed E-state index contributed by atoms with van der Waals surface area (Å²) in [4.78, 5) is 32.1. The molecule has 30 heavy (non-hydrogen) atoms. The number of rotatable bonds is 8. The zero-order chi connectivity index (χ0) is 21.5. The van der Waals surface area contributed by atoms with E-state index in [-0.39, 0.29) is 11.3 Å². The first kappa shape index (κ1) is 21.5. The lowest BCUT2D eigenvalue weighted by molar-refractivity contribution is 0.0769. The van der Waals surface area contributed by atoms with E-state index in [2.05, 4.69) is 21.7 Å².